The molecule has 0 atom stereocenters. The van der Waals surface area contributed by atoms with Crippen LogP contribution in [0, 0.1) is 0 Å². The van der Waals surface area contributed by atoms with Crippen LogP contribution in [0.5, 0.6) is 0 Å². The summed E-state index contributed by atoms with van der Waals surface area (Å²) in [5.74, 6) is 0. The van der Waals surface area contributed by atoms with Gasteiger partial charge in [0.1, 0.15) is 0 Å². The summed E-state index contributed by atoms with van der Waals surface area (Å²) in [5.41, 5.74) is 4.30. The zero-order valence-corrected chi connectivity index (χ0v) is 10.1. The Kier molecular flexibility index (Phi) is 2.49. The van der Waals surface area contributed by atoms with Gasteiger partial charge in [0, 0.05) is 40.1 Å². The van der Waals surface area contributed by atoms with Crippen LogP contribution in [0.3, 0.4) is 0 Å². The second-order valence-corrected chi connectivity index (χ2v) is 4.64. The number of fused-ring (bicyclic) bond motifs is 1. The maximum absolute atomic E-state index is 5.45. The van der Waals surface area contributed by atoms with Crippen LogP contribution < -0.4 is 0 Å². The molecular formula is C11H10BrN3O. The minimum Gasteiger partial charge on any atom is -0.376 e. The second-order valence-electron chi connectivity index (χ2n) is 3.72. The Morgan fingerprint density at radius 2 is 2.31 bits per heavy atom. The molecule has 1 aliphatic heterocycles. The van der Waals surface area contributed by atoms with Crippen LogP contribution in [0.25, 0.3) is 11.3 Å². The number of nitrogens with zero attached hydrogens (tertiary/aromatic N) is 2. The van der Waals surface area contributed by atoms with Crippen molar-refractivity contribution in [3.8, 4) is 11.3 Å². The van der Waals surface area contributed by atoms with E-state index in [1.807, 2.05) is 12.3 Å². The molecule has 0 aromatic carbocycles. The highest BCUT2D eigenvalue weighted by atomic mass is 79.9. The van der Waals surface area contributed by atoms with Gasteiger partial charge < -0.3 is 4.74 Å². The average Bonchev–Trinajstić information content (AvgIpc) is 2.72. The molecular weight excluding hydrogens is 270 g/mol. The molecule has 4 nitrogen and oxygen atoms in total. The molecule has 0 aliphatic carbocycles. The van der Waals surface area contributed by atoms with Gasteiger partial charge in [-0.05, 0) is 22.0 Å². The Morgan fingerprint density at radius 3 is 3.19 bits per heavy atom. The second kappa shape index (κ2) is 3.99. The van der Waals surface area contributed by atoms with Gasteiger partial charge in [-0.15, -0.1) is 0 Å². The van der Waals surface area contributed by atoms with E-state index in [-0.39, 0.29) is 0 Å². The average molecular weight is 280 g/mol. The summed E-state index contributed by atoms with van der Waals surface area (Å²) in [6, 6.07) is 2.01. The molecule has 82 valence electrons. The maximum atomic E-state index is 5.45. The molecule has 0 saturated carbocycles. The summed E-state index contributed by atoms with van der Waals surface area (Å²) >= 11 is 3.41. The highest BCUT2D eigenvalue weighted by Crippen LogP contribution is 2.28. The van der Waals surface area contributed by atoms with E-state index in [4.69, 9.17) is 4.74 Å². The number of halogens is 1. The zero-order chi connectivity index (χ0) is 11.0. The number of ether oxygens (including phenoxy) is 1. The van der Waals surface area contributed by atoms with Crippen LogP contribution in [0.1, 0.15) is 11.3 Å². The topological polar surface area (TPSA) is 50.8 Å². The Labute approximate surface area is 101 Å². The first-order valence-electron chi connectivity index (χ1n) is 5.09. The van der Waals surface area contributed by atoms with E-state index in [1.165, 1.54) is 5.69 Å². The number of rotatable bonds is 1. The van der Waals surface area contributed by atoms with E-state index in [0.29, 0.717) is 6.61 Å². The summed E-state index contributed by atoms with van der Waals surface area (Å²) < 4.78 is 6.41. The van der Waals surface area contributed by atoms with Gasteiger partial charge in [-0.3, -0.25) is 10.1 Å². The van der Waals surface area contributed by atoms with Gasteiger partial charge >= 0.3 is 0 Å². The van der Waals surface area contributed by atoms with Crippen molar-refractivity contribution in [3.05, 3.63) is 34.2 Å². The Morgan fingerprint density at radius 1 is 1.38 bits per heavy atom. The highest BCUT2D eigenvalue weighted by molar-refractivity contribution is 9.10. The highest BCUT2D eigenvalue weighted by Gasteiger charge is 2.18. The molecule has 0 amide bonds. The van der Waals surface area contributed by atoms with Crippen molar-refractivity contribution < 1.29 is 4.74 Å². The summed E-state index contributed by atoms with van der Waals surface area (Å²) in [4.78, 5) is 4.15. The Bertz CT molecular complexity index is 524. The van der Waals surface area contributed by atoms with Crippen molar-refractivity contribution in [3.63, 3.8) is 0 Å². The van der Waals surface area contributed by atoms with Crippen LogP contribution in [0.2, 0.25) is 0 Å². The van der Waals surface area contributed by atoms with Crippen molar-refractivity contribution in [1.82, 2.24) is 15.2 Å². The molecule has 1 aliphatic rings. The lowest BCUT2D eigenvalue weighted by Gasteiger charge is -2.12. The number of aromatic amines is 1. The summed E-state index contributed by atoms with van der Waals surface area (Å²) in [6.45, 7) is 1.40. The lowest BCUT2D eigenvalue weighted by atomic mass is 10.1. The van der Waals surface area contributed by atoms with E-state index >= 15 is 0 Å². The third-order valence-corrected chi connectivity index (χ3v) is 3.11. The summed E-state index contributed by atoms with van der Waals surface area (Å²) in [7, 11) is 0. The van der Waals surface area contributed by atoms with E-state index in [2.05, 4.69) is 31.1 Å². The van der Waals surface area contributed by atoms with Crippen LogP contribution >= 0.6 is 15.9 Å². The van der Waals surface area contributed by atoms with Crippen molar-refractivity contribution in [2.45, 2.75) is 13.0 Å². The number of hydrogen-bond acceptors (Lipinski definition) is 3. The number of H-pyrrole nitrogens is 1. The molecule has 0 bridgehead atoms. The first-order valence-corrected chi connectivity index (χ1v) is 5.88. The quantitative estimate of drug-likeness (QED) is 0.872. The first kappa shape index (κ1) is 9.99. The predicted octanol–water partition coefficient (Wildman–Crippen LogP) is 2.31. The van der Waals surface area contributed by atoms with Crippen molar-refractivity contribution in [2.75, 3.05) is 6.61 Å². The molecule has 3 heterocycles. The van der Waals surface area contributed by atoms with Crippen molar-refractivity contribution in [2.24, 2.45) is 0 Å². The first-order chi connectivity index (χ1) is 7.84. The maximum Gasteiger partial charge on any atom is 0.0994 e. The minimum absolute atomic E-state index is 0.633. The van der Waals surface area contributed by atoms with Crippen molar-refractivity contribution in [1.29, 1.82) is 0 Å². The molecule has 0 unspecified atom stereocenters. The molecule has 3 rings (SSSR count). The zero-order valence-electron chi connectivity index (χ0n) is 8.53. The molecule has 1 N–H and O–H groups in total. The van der Waals surface area contributed by atoms with Crippen LogP contribution in [-0.4, -0.2) is 21.8 Å². The van der Waals surface area contributed by atoms with E-state index in [1.54, 1.807) is 6.20 Å². The van der Waals surface area contributed by atoms with Gasteiger partial charge in [-0.2, -0.15) is 5.10 Å². The summed E-state index contributed by atoms with van der Waals surface area (Å²) in [5, 5.41) is 7.41. The third kappa shape index (κ3) is 1.66. The lowest BCUT2D eigenvalue weighted by Crippen LogP contribution is -2.08. The molecule has 0 fully saturated rings. The van der Waals surface area contributed by atoms with Gasteiger partial charge in [-0.25, -0.2) is 0 Å². The van der Waals surface area contributed by atoms with Gasteiger partial charge in [0.15, 0.2) is 0 Å². The summed E-state index contributed by atoms with van der Waals surface area (Å²) in [6.07, 6.45) is 4.48. The van der Waals surface area contributed by atoms with E-state index in [0.717, 1.165) is 34.3 Å². The van der Waals surface area contributed by atoms with Gasteiger partial charge in [-0.1, -0.05) is 0 Å². The van der Waals surface area contributed by atoms with Gasteiger partial charge in [0.05, 0.1) is 18.9 Å². The molecule has 2 aromatic heterocycles. The van der Waals surface area contributed by atoms with Crippen LogP contribution in [-0.2, 0) is 17.8 Å². The lowest BCUT2D eigenvalue weighted by molar-refractivity contribution is 0.110. The standard InChI is InChI=1S/C11H10BrN3O/c12-8-3-7(4-13-5-8)11-9-6-16-2-1-10(9)14-15-11/h3-5H,1-2,6H2,(H,14,15). The fourth-order valence-electron chi connectivity index (χ4n) is 1.89. The monoisotopic (exact) mass is 279 g/mol. The predicted molar refractivity (Wildman–Crippen MR) is 62.9 cm³/mol. The SMILES string of the molecule is Brc1cncc(-c2n[nH]c3c2COCC3)c1. The normalized spacial score (nSPS) is 14.8. The molecule has 16 heavy (non-hydrogen) atoms. The molecule has 0 spiro atoms. The smallest absolute Gasteiger partial charge is 0.0994 e. The fourth-order valence-corrected chi connectivity index (χ4v) is 2.26. The third-order valence-electron chi connectivity index (χ3n) is 2.67. The minimum atomic E-state index is 0.633. The number of hydrogen-bond donors (Lipinski definition) is 1. The van der Waals surface area contributed by atoms with Crippen molar-refractivity contribution >= 4 is 15.9 Å². The molecule has 0 radical (unpaired) electrons. The van der Waals surface area contributed by atoms with Crippen LogP contribution in [0.4, 0.5) is 0 Å². The van der Waals surface area contributed by atoms with Gasteiger partial charge in [0.25, 0.3) is 0 Å². The fraction of sp³-hybridized carbons (Fsp3) is 0.273. The Balaban J connectivity index is 2.09. The number of pyridine rings is 1. The largest absolute Gasteiger partial charge is 0.376 e. The van der Waals surface area contributed by atoms with E-state index < -0.39 is 0 Å². The molecule has 5 heteroatoms. The van der Waals surface area contributed by atoms with Crippen LogP contribution in [0.15, 0.2) is 22.9 Å². The molecule has 0 saturated heterocycles. The number of aromatic nitrogens is 3. The molecule has 2 aromatic rings. The Hall–Kier alpha value is -1.20. The van der Waals surface area contributed by atoms with E-state index in [9.17, 15) is 0 Å². The van der Waals surface area contributed by atoms with Gasteiger partial charge in [0.2, 0.25) is 0 Å². The number of nitrogens with one attached hydrogen (secondary N) is 1.